The molecule has 0 radical (unpaired) electrons. The molecule has 19 heavy (non-hydrogen) atoms. The molecule has 0 aliphatic heterocycles. The summed E-state index contributed by atoms with van der Waals surface area (Å²) in [6, 6.07) is 10.3. The molecule has 0 heterocycles. The molecule has 1 heteroatoms. The third-order valence-corrected chi connectivity index (χ3v) is 4.93. The Kier molecular flexibility index (Phi) is 3.49. The van der Waals surface area contributed by atoms with E-state index in [1.54, 1.807) is 0 Å². The van der Waals surface area contributed by atoms with E-state index in [1.165, 1.54) is 24.0 Å². The van der Waals surface area contributed by atoms with E-state index >= 15 is 0 Å². The number of hydrogen-bond donors (Lipinski definition) is 1. The zero-order chi connectivity index (χ0) is 13.4. The lowest BCUT2D eigenvalue weighted by Crippen LogP contribution is -2.48. The second-order valence-electron chi connectivity index (χ2n) is 6.55. The molecular formula is C18H25N. The lowest BCUT2D eigenvalue weighted by Gasteiger charge is -2.42. The van der Waals surface area contributed by atoms with Crippen LogP contribution in [0.1, 0.15) is 56.7 Å². The first-order valence-electron chi connectivity index (χ1n) is 7.67. The van der Waals surface area contributed by atoms with Crippen molar-refractivity contribution >= 4 is 0 Å². The topological polar surface area (TPSA) is 12.0 Å². The first-order valence-corrected chi connectivity index (χ1v) is 7.67. The average Bonchev–Trinajstić information content (AvgIpc) is 2.77. The highest BCUT2D eigenvalue weighted by atomic mass is 15.0. The van der Waals surface area contributed by atoms with Gasteiger partial charge < -0.3 is 5.32 Å². The van der Waals surface area contributed by atoms with Crippen LogP contribution in [-0.2, 0) is 0 Å². The third kappa shape index (κ3) is 2.49. The summed E-state index contributed by atoms with van der Waals surface area (Å²) in [5.41, 5.74) is 2.84. The maximum absolute atomic E-state index is 3.80. The van der Waals surface area contributed by atoms with Crippen molar-refractivity contribution in [3.63, 3.8) is 0 Å². The maximum Gasteiger partial charge on any atom is 0.0294 e. The van der Waals surface area contributed by atoms with Gasteiger partial charge in [-0.25, -0.2) is 0 Å². The number of rotatable bonds is 4. The summed E-state index contributed by atoms with van der Waals surface area (Å²) >= 11 is 0. The van der Waals surface area contributed by atoms with Crippen LogP contribution in [0, 0.1) is 11.8 Å². The van der Waals surface area contributed by atoms with Gasteiger partial charge in [-0.3, -0.25) is 0 Å². The zero-order valence-corrected chi connectivity index (χ0v) is 12.3. The second kappa shape index (κ2) is 5.13. The monoisotopic (exact) mass is 255 g/mol. The van der Waals surface area contributed by atoms with Crippen molar-refractivity contribution in [3.05, 3.63) is 47.5 Å². The van der Waals surface area contributed by atoms with Gasteiger partial charge >= 0.3 is 0 Å². The molecule has 4 unspecified atom stereocenters. The Morgan fingerprint density at radius 2 is 1.74 bits per heavy atom. The third-order valence-electron chi connectivity index (χ3n) is 4.93. The molecule has 1 aromatic carbocycles. The van der Waals surface area contributed by atoms with Crippen molar-refractivity contribution in [3.8, 4) is 0 Å². The van der Waals surface area contributed by atoms with Gasteiger partial charge in [0.25, 0.3) is 0 Å². The summed E-state index contributed by atoms with van der Waals surface area (Å²) in [7, 11) is 0. The summed E-state index contributed by atoms with van der Waals surface area (Å²) < 4.78 is 0. The second-order valence-corrected chi connectivity index (χ2v) is 6.55. The van der Waals surface area contributed by atoms with Gasteiger partial charge in [0.05, 0.1) is 0 Å². The van der Waals surface area contributed by atoms with Crippen molar-refractivity contribution < 1.29 is 0 Å². The number of fused-ring (bicyclic) bond motifs is 1. The zero-order valence-electron chi connectivity index (χ0n) is 12.3. The van der Waals surface area contributed by atoms with E-state index in [0.29, 0.717) is 18.0 Å². The molecule has 2 aliphatic carbocycles. The van der Waals surface area contributed by atoms with Crippen LogP contribution in [0.4, 0.5) is 0 Å². The predicted molar refractivity (Wildman–Crippen MR) is 81.2 cm³/mol. The number of nitrogens with one attached hydrogen (secondary N) is 1. The summed E-state index contributed by atoms with van der Waals surface area (Å²) in [4.78, 5) is 0. The molecule has 0 bridgehead atoms. The molecular weight excluding hydrogens is 230 g/mol. The molecule has 1 saturated carbocycles. The standard InChI is InChI=1S/C18H25N/c1-12(2)14-7-9-15(10-8-14)13(3)19-18-11-16-5-4-6-17(16)18/h4,6-10,12-13,16-19H,5,11H2,1-3H3. The van der Waals surface area contributed by atoms with E-state index in [9.17, 15) is 0 Å². The van der Waals surface area contributed by atoms with E-state index in [-0.39, 0.29) is 0 Å². The van der Waals surface area contributed by atoms with E-state index in [4.69, 9.17) is 0 Å². The first-order chi connectivity index (χ1) is 9.15. The van der Waals surface area contributed by atoms with Crippen LogP contribution in [-0.4, -0.2) is 6.04 Å². The highest BCUT2D eigenvalue weighted by molar-refractivity contribution is 5.27. The maximum atomic E-state index is 3.80. The lowest BCUT2D eigenvalue weighted by molar-refractivity contribution is 0.152. The van der Waals surface area contributed by atoms with Gasteiger partial charge in [0.1, 0.15) is 0 Å². The largest absolute Gasteiger partial charge is 0.307 e. The van der Waals surface area contributed by atoms with Crippen LogP contribution < -0.4 is 5.32 Å². The molecule has 2 aliphatic rings. The van der Waals surface area contributed by atoms with Crippen LogP contribution in [0.3, 0.4) is 0 Å². The normalized spacial score (nSPS) is 30.2. The molecule has 0 amide bonds. The van der Waals surface area contributed by atoms with Crippen LogP contribution in [0.5, 0.6) is 0 Å². The SMILES string of the molecule is CC(C)c1ccc(C(C)NC2CC3CC=CC32)cc1. The Bertz CT molecular complexity index is 457. The Balaban J connectivity index is 1.61. The van der Waals surface area contributed by atoms with Gasteiger partial charge in [-0.2, -0.15) is 0 Å². The fourth-order valence-electron chi connectivity index (χ4n) is 3.49. The molecule has 4 atom stereocenters. The van der Waals surface area contributed by atoms with Crippen molar-refractivity contribution in [2.24, 2.45) is 11.8 Å². The summed E-state index contributed by atoms with van der Waals surface area (Å²) in [5.74, 6) is 2.36. The Morgan fingerprint density at radius 1 is 1.05 bits per heavy atom. The van der Waals surface area contributed by atoms with E-state index in [1.807, 2.05) is 0 Å². The van der Waals surface area contributed by atoms with Gasteiger partial charge in [-0.05, 0) is 48.6 Å². The molecule has 1 N–H and O–H groups in total. The van der Waals surface area contributed by atoms with Crippen LogP contribution >= 0.6 is 0 Å². The smallest absolute Gasteiger partial charge is 0.0294 e. The van der Waals surface area contributed by atoms with Crippen molar-refractivity contribution in [1.29, 1.82) is 0 Å². The van der Waals surface area contributed by atoms with Crippen molar-refractivity contribution in [2.45, 2.75) is 51.6 Å². The predicted octanol–water partition coefficient (Wildman–Crippen LogP) is 4.43. The van der Waals surface area contributed by atoms with Gasteiger partial charge in [-0.1, -0.05) is 50.3 Å². The van der Waals surface area contributed by atoms with E-state index < -0.39 is 0 Å². The molecule has 0 spiro atoms. The van der Waals surface area contributed by atoms with Crippen molar-refractivity contribution in [1.82, 2.24) is 5.32 Å². The molecule has 102 valence electrons. The molecule has 0 aromatic heterocycles. The Labute approximate surface area is 117 Å². The minimum absolute atomic E-state index is 0.459. The van der Waals surface area contributed by atoms with Gasteiger partial charge in [-0.15, -0.1) is 0 Å². The number of benzene rings is 1. The molecule has 1 fully saturated rings. The minimum atomic E-state index is 0.459. The number of allylic oxidation sites excluding steroid dienone is 1. The molecule has 1 nitrogen and oxygen atoms in total. The minimum Gasteiger partial charge on any atom is -0.307 e. The van der Waals surface area contributed by atoms with Crippen LogP contribution in [0.25, 0.3) is 0 Å². The van der Waals surface area contributed by atoms with Gasteiger partial charge in [0, 0.05) is 12.1 Å². The lowest BCUT2D eigenvalue weighted by atomic mass is 9.71. The van der Waals surface area contributed by atoms with Crippen molar-refractivity contribution in [2.75, 3.05) is 0 Å². The molecule has 1 aromatic rings. The summed E-state index contributed by atoms with van der Waals surface area (Å²) in [6.45, 7) is 6.78. The molecule has 0 saturated heterocycles. The Hall–Kier alpha value is -1.08. The average molecular weight is 255 g/mol. The fraction of sp³-hybridized carbons (Fsp3) is 0.556. The summed E-state index contributed by atoms with van der Waals surface area (Å²) in [6.07, 6.45) is 7.44. The molecule has 3 rings (SSSR count). The summed E-state index contributed by atoms with van der Waals surface area (Å²) in [5, 5.41) is 3.80. The van der Waals surface area contributed by atoms with Crippen LogP contribution in [0.2, 0.25) is 0 Å². The number of hydrogen-bond acceptors (Lipinski definition) is 1. The fourth-order valence-corrected chi connectivity index (χ4v) is 3.49. The quantitative estimate of drug-likeness (QED) is 0.785. The highest BCUT2D eigenvalue weighted by Gasteiger charge is 2.41. The van der Waals surface area contributed by atoms with E-state index in [0.717, 1.165) is 11.8 Å². The van der Waals surface area contributed by atoms with Crippen LogP contribution in [0.15, 0.2) is 36.4 Å². The van der Waals surface area contributed by atoms with E-state index in [2.05, 4.69) is 62.5 Å². The first kappa shape index (κ1) is 12.9. The highest BCUT2D eigenvalue weighted by Crippen LogP contribution is 2.43. The van der Waals surface area contributed by atoms with Gasteiger partial charge in [0.15, 0.2) is 0 Å². The Morgan fingerprint density at radius 3 is 2.37 bits per heavy atom. The van der Waals surface area contributed by atoms with Gasteiger partial charge in [0.2, 0.25) is 0 Å².